The third-order valence-corrected chi connectivity index (χ3v) is 6.18. The van der Waals surface area contributed by atoms with Crippen LogP contribution in [0.3, 0.4) is 0 Å². The minimum atomic E-state index is -2.95. The van der Waals surface area contributed by atoms with Gasteiger partial charge in [-0.3, -0.25) is 4.99 Å². The van der Waals surface area contributed by atoms with Crippen molar-refractivity contribution >= 4 is 57.1 Å². The highest BCUT2D eigenvalue weighted by atomic mass is 127. The number of nitrogens with one attached hydrogen (secondary N) is 1. The van der Waals surface area contributed by atoms with Gasteiger partial charge in [-0.25, -0.2) is 8.42 Å². The van der Waals surface area contributed by atoms with Crippen LogP contribution in [0.25, 0.3) is 0 Å². The average molecular weight is 557 g/mol. The van der Waals surface area contributed by atoms with Gasteiger partial charge in [0.15, 0.2) is 5.96 Å². The van der Waals surface area contributed by atoms with Crippen molar-refractivity contribution in [2.24, 2.45) is 10.4 Å². The van der Waals surface area contributed by atoms with Gasteiger partial charge < -0.3 is 15.1 Å². The number of nitrogens with zero attached hydrogens (tertiary/aromatic N) is 3. The maximum absolute atomic E-state index is 11.5. The van der Waals surface area contributed by atoms with Gasteiger partial charge in [0.2, 0.25) is 0 Å². The molecule has 1 aromatic rings. The molecule has 0 spiro atoms. The average Bonchev–Trinajstić information content (AvgIpc) is 2.64. The van der Waals surface area contributed by atoms with Crippen molar-refractivity contribution in [2.45, 2.75) is 27.2 Å². The van der Waals surface area contributed by atoms with Crippen LogP contribution in [-0.4, -0.2) is 70.6 Å². The van der Waals surface area contributed by atoms with Crippen molar-refractivity contribution in [3.8, 4) is 0 Å². The molecule has 1 N–H and O–H groups in total. The number of anilines is 1. The molecule has 0 unspecified atom stereocenters. The number of piperazine rings is 1. The summed E-state index contributed by atoms with van der Waals surface area (Å²) < 4.78 is 22.9. The standard InChI is InChI=1S/C20H33ClN4O2S.HI/c1-5-22-19(23-16-20(2,3)10-15-28(4,26)27)25-13-11-24(12-14-25)18-9-7-6-8-17(18)21;/h6-9H,5,10-16H2,1-4H3,(H,22,23);1H. The van der Waals surface area contributed by atoms with Crippen LogP contribution in [0, 0.1) is 5.41 Å². The Kier molecular flexibility index (Phi) is 10.5. The zero-order valence-electron chi connectivity index (χ0n) is 17.8. The van der Waals surface area contributed by atoms with Gasteiger partial charge in [-0.1, -0.05) is 37.6 Å². The SMILES string of the molecule is CCNC(=NCC(C)(C)CCS(C)(=O)=O)N1CCN(c2ccccc2Cl)CC1.I. The Labute approximate surface area is 198 Å². The molecule has 29 heavy (non-hydrogen) atoms. The largest absolute Gasteiger partial charge is 0.367 e. The van der Waals surface area contributed by atoms with E-state index in [1.165, 1.54) is 6.26 Å². The van der Waals surface area contributed by atoms with Crippen LogP contribution in [0.1, 0.15) is 27.2 Å². The van der Waals surface area contributed by atoms with Crippen molar-refractivity contribution in [3.63, 3.8) is 0 Å². The molecule has 1 aliphatic heterocycles. The van der Waals surface area contributed by atoms with Crippen LogP contribution in [0.15, 0.2) is 29.3 Å². The molecule has 0 atom stereocenters. The fourth-order valence-corrected chi connectivity index (χ4v) is 4.30. The number of benzene rings is 1. The first-order valence-electron chi connectivity index (χ1n) is 9.82. The summed E-state index contributed by atoms with van der Waals surface area (Å²) in [6, 6.07) is 7.94. The van der Waals surface area contributed by atoms with E-state index < -0.39 is 9.84 Å². The highest BCUT2D eigenvalue weighted by Crippen LogP contribution is 2.26. The van der Waals surface area contributed by atoms with Gasteiger partial charge >= 0.3 is 0 Å². The molecule has 1 saturated heterocycles. The lowest BCUT2D eigenvalue weighted by molar-refractivity contribution is 0.348. The highest BCUT2D eigenvalue weighted by molar-refractivity contribution is 14.0. The number of hydrogen-bond acceptors (Lipinski definition) is 4. The second kappa shape index (κ2) is 11.6. The molecular weight excluding hydrogens is 523 g/mol. The first-order valence-corrected chi connectivity index (χ1v) is 12.3. The third-order valence-electron chi connectivity index (χ3n) is 4.91. The number of rotatable bonds is 7. The molecule has 0 aromatic heterocycles. The van der Waals surface area contributed by atoms with Crippen molar-refractivity contribution in [3.05, 3.63) is 29.3 Å². The third kappa shape index (κ3) is 8.88. The van der Waals surface area contributed by atoms with E-state index in [-0.39, 0.29) is 35.1 Å². The van der Waals surface area contributed by atoms with Crippen LogP contribution in [0.5, 0.6) is 0 Å². The van der Waals surface area contributed by atoms with Gasteiger partial charge in [0.25, 0.3) is 0 Å². The fraction of sp³-hybridized carbons (Fsp3) is 0.650. The molecule has 2 rings (SSSR count). The van der Waals surface area contributed by atoms with Gasteiger partial charge in [-0.2, -0.15) is 0 Å². The number of sulfone groups is 1. The van der Waals surface area contributed by atoms with E-state index in [1.807, 2.05) is 18.2 Å². The Morgan fingerprint density at radius 1 is 1.21 bits per heavy atom. The van der Waals surface area contributed by atoms with Crippen molar-refractivity contribution in [2.75, 3.05) is 56.2 Å². The highest BCUT2D eigenvalue weighted by Gasteiger charge is 2.23. The minimum absolute atomic E-state index is 0. The Balaban J connectivity index is 0.00000420. The Hall–Kier alpha value is -0.740. The summed E-state index contributed by atoms with van der Waals surface area (Å²) in [5.41, 5.74) is 0.913. The lowest BCUT2D eigenvalue weighted by atomic mass is 9.90. The first kappa shape index (κ1) is 26.3. The molecule has 166 valence electrons. The van der Waals surface area contributed by atoms with Gasteiger partial charge in [-0.15, -0.1) is 24.0 Å². The van der Waals surface area contributed by atoms with E-state index in [0.29, 0.717) is 13.0 Å². The predicted molar refractivity (Wildman–Crippen MR) is 135 cm³/mol. The molecule has 1 aliphatic rings. The molecule has 6 nitrogen and oxygen atoms in total. The molecule has 1 heterocycles. The normalized spacial score (nSPS) is 15.8. The lowest BCUT2D eigenvalue weighted by Crippen LogP contribution is -2.52. The maximum atomic E-state index is 11.5. The lowest BCUT2D eigenvalue weighted by Gasteiger charge is -2.38. The summed E-state index contributed by atoms with van der Waals surface area (Å²) in [6.45, 7) is 11.1. The summed E-state index contributed by atoms with van der Waals surface area (Å²) in [4.78, 5) is 9.39. The summed E-state index contributed by atoms with van der Waals surface area (Å²) in [5.74, 6) is 1.09. The predicted octanol–water partition coefficient (Wildman–Crippen LogP) is 3.51. The Morgan fingerprint density at radius 2 is 1.83 bits per heavy atom. The fourth-order valence-electron chi connectivity index (χ4n) is 3.12. The Morgan fingerprint density at radius 3 is 2.38 bits per heavy atom. The van der Waals surface area contributed by atoms with Crippen LogP contribution in [0.2, 0.25) is 5.02 Å². The quantitative estimate of drug-likeness (QED) is 0.316. The molecule has 1 aromatic carbocycles. The summed E-state index contributed by atoms with van der Waals surface area (Å²) in [6.07, 6.45) is 1.89. The second-order valence-electron chi connectivity index (χ2n) is 8.14. The summed E-state index contributed by atoms with van der Waals surface area (Å²) in [5, 5.41) is 4.16. The van der Waals surface area contributed by atoms with Gasteiger partial charge in [0.1, 0.15) is 9.84 Å². The first-order chi connectivity index (χ1) is 13.1. The molecule has 0 amide bonds. The van der Waals surface area contributed by atoms with Gasteiger partial charge in [-0.05, 0) is 30.9 Å². The van der Waals surface area contributed by atoms with E-state index in [2.05, 4.69) is 42.0 Å². The van der Waals surface area contributed by atoms with Crippen LogP contribution in [0.4, 0.5) is 5.69 Å². The van der Waals surface area contributed by atoms with Crippen molar-refractivity contribution in [1.82, 2.24) is 10.2 Å². The van der Waals surface area contributed by atoms with E-state index >= 15 is 0 Å². The maximum Gasteiger partial charge on any atom is 0.194 e. The van der Waals surface area contributed by atoms with Gasteiger partial charge in [0, 0.05) is 45.5 Å². The summed E-state index contributed by atoms with van der Waals surface area (Å²) in [7, 11) is -2.95. The van der Waals surface area contributed by atoms with E-state index in [1.54, 1.807) is 0 Å². The molecule has 0 bridgehead atoms. The molecule has 0 radical (unpaired) electrons. The molecule has 0 aliphatic carbocycles. The van der Waals surface area contributed by atoms with Crippen LogP contribution in [-0.2, 0) is 9.84 Å². The summed E-state index contributed by atoms with van der Waals surface area (Å²) >= 11 is 6.33. The Bertz CT molecular complexity index is 778. The second-order valence-corrected chi connectivity index (χ2v) is 10.8. The monoisotopic (exact) mass is 556 g/mol. The van der Waals surface area contributed by atoms with Crippen molar-refractivity contribution < 1.29 is 8.42 Å². The zero-order chi connectivity index (χ0) is 20.8. The molecule has 1 fully saturated rings. The van der Waals surface area contributed by atoms with Crippen molar-refractivity contribution in [1.29, 1.82) is 0 Å². The van der Waals surface area contributed by atoms with Crippen LogP contribution < -0.4 is 10.2 Å². The van der Waals surface area contributed by atoms with Gasteiger partial charge in [0.05, 0.1) is 16.5 Å². The van der Waals surface area contributed by atoms with Crippen LogP contribution >= 0.6 is 35.6 Å². The number of halogens is 2. The zero-order valence-corrected chi connectivity index (χ0v) is 21.7. The number of aliphatic imine (C=N–C) groups is 1. The van der Waals surface area contributed by atoms with E-state index in [4.69, 9.17) is 16.6 Å². The smallest absolute Gasteiger partial charge is 0.194 e. The molecule has 0 saturated carbocycles. The van der Waals surface area contributed by atoms with E-state index in [9.17, 15) is 8.42 Å². The number of guanidine groups is 1. The molecular formula is C20H34ClIN4O2S. The van der Waals surface area contributed by atoms with E-state index in [0.717, 1.165) is 49.4 Å². The number of para-hydroxylation sites is 1. The molecule has 9 heteroatoms. The minimum Gasteiger partial charge on any atom is -0.367 e. The topological polar surface area (TPSA) is 65.0 Å². The number of hydrogen-bond donors (Lipinski definition) is 1.